The van der Waals surface area contributed by atoms with Gasteiger partial charge in [-0.25, -0.2) is 9.59 Å². The Morgan fingerprint density at radius 1 is 1.30 bits per heavy atom. The lowest BCUT2D eigenvalue weighted by Gasteiger charge is -2.35. The van der Waals surface area contributed by atoms with E-state index in [9.17, 15) is 19.8 Å². The molecule has 0 aliphatic carbocycles. The molecule has 0 aromatic heterocycles. The van der Waals surface area contributed by atoms with Gasteiger partial charge in [0, 0.05) is 25.3 Å². The number of aromatic hydroxyl groups is 1. The molecular formula is C14H20N2O4. The molecule has 6 nitrogen and oxygen atoms in total. The van der Waals surface area contributed by atoms with Gasteiger partial charge in [-0.2, -0.15) is 0 Å². The SMILES string of the molecule is CCN(C(=O)N(C)C(C)(C)C(=O)O)c1cccc(O)c1. The second kappa shape index (κ2) is 5.81. The fourth-order valence-corrected chi connectivity index (χ4v) is 1.65. The normalized spacial score (nSPS) is 11.0. The minimum Gasteiger partial charge on any atom is -0.508 e. The first-order chi connectivity index (χ1) is 9.21. The molecule has 0 heterocycles. The van der Waals surface area contributed by atoms with Crippen molar-refractivity contribution < 1.29 is 19.8 Å². The summed E-state index contributed by atoms with van der Waals surface area (Å²) in [7, 11) is 1.45. The number of carboxylic acids is 1. The van der Waals surface area contributed by atoms with Crippen molar-refractivity contribution in [2.24, 2.45) is 0 Å². The van der Waals surface area contributed by atoms with Crippen LogP contribution >= 0.6 is 0 Å². The highest BCUT2D eigenvalue weighted by Crippen LogP contribution is 2.23. The number of nitrogens with zero attached hydrogens (tertiary/aromatic N) is 2. The van der Waals surface area contributed by atoms with Crippen LogP contribution in [0.4, 0.5) is 10.5 Å². The zero-order valence-corrected chi connectivity index (χ0v) is 12.1. The standard InChI is InChI=1S/C14H20N2O4/c1-5-16(10-7-6-8-11(17)9-10)13(20)15(4)14(2,3)12(18)19/h6-9,17H,5H2,1-4H3,(H,18,19). The van der Waals surface area contributed by atoms with E-state index in [1.54, 1.807) is 19.1 Å². The number of anilines is 1. The molecule has 1 aromatic rings. The third-order valence-corrected chi connectivity index (χ3v) is 3.34. The Labute approximate surface area is 118 Å². The number of carboxylic acid groups (broad SMARTS) is 1. The van der Waals surface area contributed by atoms with Crippen molar-refractivity contribution >= 4 is 17.7 Å². The van der Waals surface area contributed by atoms with Gasteiger partial charge in [-0.1, -0.05) is 6.07 Å². The van der Waals surface area contributed by atoms with Crippen LogP contribution in [-0.2, 0) is 4.79 Å². The van der Waals surface area contributed by atoms with Crippen LogP contribution in [-0.4, -0.2) is 46.2 Å². The maximum absolute atomic E-state index is 12.4. The highest BCUT2D eigenvalue weighted by molar-refractivity contribution is 5.95. The van der Waals surface area contributed by atoms with E-state index < -0.39 is 17.5 Å². The van der Waals surface area contributed by atoms with Crippen molar-refractivity contribution in [1.82, 2.24) is 4.90 Å². The van der Waals surface area contributed by atoms with Gasteiger partial charge < -0.3 is 15.1 Å². The topological polar surface area (TPSA) is 81.1 Å². The number of urea groups is 1. The van der Waals surface area contributed by atoms with E-state index in [-0.39, 0.29) is 5.75 Å². The van der Waals surface area contributed by atoms with Gasteiger partial charge in [0.25, 0.3) is 0 Å². The molecule has 1 aromatic carbocycles. The van der Waals surface area contributed by atoms with E-state index in [4.69, 9.17) is 0 Å². The van der Waals surface area contributed by atoms with Gasteiger partial charge in [-0.3, -0.25) is 4.90 Å². The third-order valence-electron chi connectivity index (χ3n) is 3.34. The first-order valence-electron chi connectivity index (χ1n) is 6.29. The molecule has 2 N–H and O–H groups in total. The molecular weight excluding hydrogens is 260 g/mol. The fraction of sp³-hybridized carbons (Fsp3) is 0.429. The predicted octanol–water partition coefficient (Wildman–Crippen LogP) is 2.13. The lowest BCUT2D eigenvalue weighted by atomic mass is 10.0. The van der Waals surface area contributed by atoms with E-state index in [0.29, 0.717) is 12.2 Å². The number of hydrogen-bond acceptors (Lipinski definition) is 3. The molecule has 0 fully saturated rings. The number of carbonyl (C=O) groups excluding carboxylic acids is 1. The Bertz CT molecular complexity index is 514. The molecule has 0 unspecified atom stereocenters. The Kier molecular flexibility index (Phi) is 4.60. The molecule has 1 rings (SSSR count). The lowest BCUT2D eigenvalue weighted by molar-refractivity contribution is -0.146. The zero-order valence-electron chi connectivity index (χ0n) is 12.1. The van der Waals surface area contributed by atoms with Crippen molar-refractivity contribution in [3.63, 3.8) is 0 Å². The highest BCUT2D eigenvalue weighted by atomic mass is 16.4. The Balaban J connectivity index is 3.07. The molecule has 0 radical (unpaired) electrons. The minimum absolute atomic E-state index is 0.0499. The van der Waals surface area contributed by atoms with Gasteiger partial charge >= 0.3 is 12.0 Å². The molecule has 0 aliphatic rings. The van der Waals surface area contributed by atoms with Crippen molar-refractivity contribution in [2.75, 3.05) is 18.5 Å². The number of aliphatic carboxylic acids is 1. The second-order valence-corrected chi connectivity index (χ2v) is 4.97. The maximum atomic E-state index is 12.4. The van der Waals surface area contributed by atoms with E-state index in [1.807, 2.05) is 0 Å². The van der Waals surface area contributed by atoms with Crippen molar-refractivity contribution in [1.29, 1.82) is 0 Å². The van der Waals surface area contributed by atoms with Gasteiger partial charge in [0.05, 0.1) is 0 Å². The first-order valence-corrected chi connectivity index (χ1v) is 6.29. The average Bonchev–Trinajstić information content (AvgIpc) is 2.38. The summed E-state index contributed by atoms with van der Waals surface area (Å²) in [4.78, 5) is 26.2. The smallest absolute Gasteiger partial charge is 0.329 e. The van der Waals surface area contributed by atoms with Gasteiger partial charge in [0.15, 0.2) is 0 Å². The maximum Gasteiger partial charge on any atom is 0.329 e. The molecule has 0 saturated heterocycles. The van der Waals surface area contributed by atoms with Crippen molar-refractivity contribution in [2.45, 2.75) is 26.3 Å². The summed E-state index contributed by atoms with van der Waals surface area (Å²) in [6.45, 7) is 5.07. The number of rotatable bonds is 4. The van der Waals surface area contributed by atoms with Crippen LogP contribution in [0.1, 0.15) is 20.8 Å². The van der Waals surface area contributed by atoms with Crippen LogP contribution in [0.25, 0.3) is 0 Å². The van der Waals surface area contributed by atoms with Gasteiger partial charge in [-0.05, 0) is 32.9 Å². The lowest BCUT2D eigenvalue weighted by Crippen LogP contribution is -2.55. The molecule has 0 aliphatic heterocycles. The van der Waals surface area contributed by atoms with E-state index >= 15 is 0 Å². The molecule has 6 heteroatoms. The quantitative estimate of drug-likeness (QED) is 0.885. The number of benzene rings is 1. The van der Waals surface area contributed by atoms with E-state index in [2.05, 4.69) is 0 Å². The van der Waals surface area contributed by atoms with Crippen molar-refractivity contribution in [3.8, 4) is 5.75 Å². The highest BCUT2D eigenvalue weighted by Gasteiger charge is 2.37. The number of carbonyl (C=O) groups is 2. The van der Waals surface area contributed by atoms with Crippen LogP contribution in [0.3, 0.4) is 0 Å². The van der Waals surface area contributed by atoms with Crippen LogP contribution in [0.5, 0.6) is 5.75 Å². The molecule has 0 spiro atoms. The van der Waals surface area contributed by atoms with Crippen LogP contribution < -0.4 is 4.90 Å². The molecule has 0 atom stereocenters. The van der Waals surface area contributed by atoms with Gasteiger partial charge in [0.2, 0.25) is 0 Å². The van der Waals surface area contributed by atoms with E-state index in [0.717, 1.165) is 0 Å². The van der Waals surface area contributed by atoms with Crippen LogP contribution in [0.15, 0.2) is 24.3 Å². The molecule has 0 saturated carbocycles. The third kappa shape index (κ3) is 3.01. The molecule has 0 bridgehead atoms. The Morgan fingerprint density at radius 3 is 2.35 bits per heavy atom. The summed E-state index contributed by atoms with van der Waals surface area (Å²) in [6, 6.07) is 5.84. The molecule has 110 valence electrons. The molecule has 20 heavy (non-hydrogen) atoms. The number of hydrogen-bond donors (Lipinski definition) is 2. The number of likely N-dealkylation sites (N-methyl/N-ethyl adjacent to an activating group) is 1. The summed E-state index contributed by atoms with van der Waals surface area (Å²) < 4.78 is 0. The monoisotopic (exact) mass is 280 g/mol. The fourth-order valence-electron chi connectivity index (χ4n) is 1.65. The zero-order chi connectivity index (χ0) is 15.5. The van der Waals surface area contributed by atoms with E-state index in [1.165, 1.54) is 42.8 Å². The van der Waals surface area contributed by atoms with Crippen molar-refractivity contribution in [3.05, 3.63) is 24.3 Å². The number of phenolic OH excluding ortho intramolecular Hbond substituents is 1. The van der Waals surface area contributed by atoms with Crippen LogP contribution in [0.2, 0.25) is 0 Å². The Hall–Kier alpha value is -2.24. The summed E-state index contributed by atoms with van der Waals surface area (Å²) >= 11 is 0. The summed E-state index contributed by atoms with van der Waals surface area (Å²) in [5.74, 6) is -1.03. The largest absolute Gasteiger partial charge is 0.508 e. The Morgan fingerprint density at radius 2 is 1.90 bits per heavy atom. The minimum atomic E-state index is -1.32. The molecule has 2 amide bonds. The van der Waals surface area contributed by atoms with Gasteiger partial charge in [0.1, 0.15) is 11.3 Å². The summed E-state index contributed by atoms with van der Waals surface area (Å²) in [5.41, 5.74) is -0.799. The number of phenols is 1. The summed E-state index contributed by atoms with van der Waals surface area (Å²) in [6.07, 6.45) is 0. The predicted molar refractivity (Wildman–Crippen MR) is 76.0 cm³/mol. The van der Waals surface area contributed by atoms with Gasteiger partial charge in [-0.15, -0.1) is 0 Å². The second-order valence-electron chi connectivity index (χ2n) is 4.97. The average molecular weight is 280 g/mol. The number of amides is 2. The van der Waals surface area contributed by atoms with Crippen LogP contribution in [0, 0.1) is 0 Å². The first kappa shape index (κ1) is 15.8. The summed E-state index contributed by atoms with van der Waals surface area (Å²) in [5, 5.41) is 18.7.